The Balaban J connectivity index is 1.73. The van der Waals surface area contributed by atoms with E-state index in [0.717, 1.165) is 19.6 Å². The van der Waals surface area contributed by atoms with Crippen LogP contribution in [-0.4, -0.2) is 24.8 Å². The third-order valence-corrected chi connectivity index (χ3v) is 3.42. The average molecular weight is 247 g/mol. The van der Waals surface area contributed by atoms with E-state index in [0.29, 0.717) is 6.04 Å². The maximum absolute atomic E-state index is 5.73. The first-order valence-corrected chi connectivity index (χ1v) is 6.99. The maximum Gasteiger partial charge on any atom is 0.0599 e. The zero-order valence-electron chi connectivity index (χ0n) is 11.8. The number of fused-ring (bicyclic) bond motifs is 1. The van der Waals surface area contributed by atoms with Crippen molar-refractivity contribution in [3.8, 4) is 0 Å². The van der Waals surface area contributed by atoms with E-state index in [4.69, 9.17) is 4.74 Å². The molecule has 1 unspecified atom stereocenters. The zero-order chi connectivity index (χ0) is 13.0. The Morgan fingerprint density at radius 1 is 1.22 bits per heavy atom. The van der Waals surface area contributed by atoms with Gasteiger partial charge >= 0.3 is 0 Å². The summed E-state index contributed by atoms with van der Waals surface area (Å²) in [5.41, 5.74) is 3.01. The molecule has 1 aromatic rings. The molecule has 0 saturated carbocycles. The highest BCUT2D eigenvalue weighted by atomic mass is 16.5. The van der Waals surface area contributed by atoms with Gasteiger partial charge in [0.15, 0.2) is 0 Å². The van der Waals surface area contributed by atoms with Crippen molar-refractivity contribution in [3.63, 3.8) is 0 Å². The first-order chi connectivity index (χ1) is 8.54. The van der Waals surface area contributed by atoms with Crippen LogP contribution in [0.25, 0.3) is 0 Å². The van der Waals surface area contributed by atoms with Gasteiger partial charge in [-0.25, -0.2) is 0 Å². The topological polar surface area (TPSA) is 21.3 Å². The predicted molar refractivity (Wildman–Crippen MR) is 76.0 cm³/mol. The molecule has 0 radical (unpaired) electrons. The van der Waals surface area contributed by atoms with Gasteiger partial charge < -0.3 is 10.1 Å². The van der Waals surface area contributed by atoms with Crippen LogP contribution in [0.2, 0.25) is 0 Å². The monoisotopic (exact) mass is 247 g/mol. The summed E-state index contributed by atoms with van der Waals surface area (Å²) in [5.74, 6) is 0. The Bertz CT molecular complexity index is 381. The summed E-state index contributed by atoms with van der Waals surface area (Å²) >= 11 is 0. The number of nitrogens with one attached hydrogen (secondary N) is 1. The lowest BCUT2D eigenvalue weighted by molar-refractivity contribution is -0.00174. The van der Waals surface area contributed by atoms with E-state index in [1.54, 1.807) is 0 Å². The Labute approximate surface area is 111 Å². The number of ether oxygens (including phenoxy) is 1. The number of hydrogen-bond acceptors (Lipinski definition) is 2. The molecular formula is C16H25NO. The molecule has 0 fully saturated rings. The van der Waals surface area contributed by atoms with Gasteiger partial charge in [0.1, 0.15) is 0 Å². The molecule has 0 spiro atoms. The maximum atomic E-state index is 5.73. The second-order valence-electron chi connectivity index (χ2n) is 6.12. The third kappa shape index (κ3) is 4.11. The molecule has 0 saturated heterocycles. The summed E-state index contributed by atoms with van der Waals surface area (Å²) in [6.45, 7) is 8.04. The Morgan fingerprint density at radius 2 is 1.94 bits per heavy atom. The van der Waals surface area contributed by atoms with E-state index in [9.17, 15) is 0 Å². The smallest absolute Gasteiger partial charge is 0.0599 e. The minimum atomic E-state index is -0.0269. The predicted octanol–water partition coefficient (Wildman–Crippen LogP) is 2.95. The Morgan fingerprint density at radius 3 is 2.67 bits per heavy atom. The lowest BCUT2D eigenvalue weighted by Crippen LogP contribution is -2.37. The van der Waals surface area contributed by atoms with Gasteiger partial charge in [-0.1, -0.05) is 24.3 Å². The third-order valence-electron chi connectivity index (χ3n) is 3.42. The molecule has 2 rings (SSSR count). The van der Waals surface area contributed by atoms with Crippen molar-refractivity contribution in [2.45, 2.75) is 51.7 Å². The van der Waals surface area contributed by atoms with Crippen LogP contribution in [0.5, 0.6) is 0 Å². The van der Waals surface area contributed by atoms with Crippen LogP contribution in [0.15, 0.2) is 24.3 Å². The van der Waals surface area contributed by atoms with Crippen LogP contribution in [0.3, 0.4) is 0 Å². The largest absolute Gasteiger partial charge is 0.375 e. The molecule has 0 amide bonds. The molecule has 1 atom stereocenters. The van der Waals surface area contributed by atoms with Crippen LogP contribution >= 0.6 is 0 Å². The molecule has 0 aromatic heterocycles. The normalized spacial score (nSPS) is 19.6. The molecular weight excluding hydrogens is 222 g/mol. The van der Waals surface area contributed by atoms with Gasteiger partial charge in [-0.3, -0.25) is 0 Å². The molecule has 1 aliphatic carbocycles. The van der Waals surface area contributed by atoms with Crippen molar-refractivity contribution in [1.82, 2.24) is 5.32 Å². The highest BCUT2D eigenvalue weighted by molar-refractivity contribution is 5.30. The highest BCUT2D eigenvalue weighted by Crippen LogP contribution is 2.20. The molecule has 18 heavy (non-hydrogen) atoms. The fourth-order valence-corrected chi connectivity index (χ4v) is 2.49. The summed E-state index contributed by atoms with van der Waals surface area (Å²) in [4.78, 5) is 0. The van der Waals surface area contributed by atoms with Crippen molar-refractivity contribution >= 4 is 0 Å². The molecule has 1 aliphatic rings. The van der Waals surface area contributed by atoms with E-state index in [2.05, 4.69) is 50.4 Å². The lowest BCUT2D eigenvalue weighted by atomic mass is 9.88. The van der Waals surface area contributed by atoms with Crippen molar-refractivity contribution in [3.05, 3.63) is 35.4 Å². The van der Waals surface area contributed by atoms with Crippen LogP contribution in [0, 0.1) is 0 Å². The fraction of sp³-hybridized carbons (Fsp3) is 0.625. The van der Waals surface area contributed by atoms with E-state index in [1.165, 1.54) is 24.0 Å². The quantitative estimate of drug-likeness (QED) is 0.826. The Kier molecular flexibility index (Phi) is 4.41. The fourth-order valence-electron chi connectivity index (χ4n) is 2.49. The molecule has 1 N–H and O–H groups in total. The van der Waals surface area contributed by atoms with E-state index < -0.39 is 0 Å². The number of aryl methyl sites for hydroxylation is 1. The van der Waals surface area contributed by atoms with E-state index >= 15 is 0 Å². The average Bonchev–Trinajstić information content (AvgIpc) is 2.33. The minimum Gasteiger partial charge on any atom is -0.375 e. The molecule has 0 bridgehead atoms. The van der Waals surface area contributed by atoms with Crippen LogP contribution in [0.1, 0.15) is 38.3 Å². The van der Waals surface area contributed by atoms with Gasteiger partial charge in [0.05, 0.1) is 12.2 Å². The van der Waals surface area contributed by atoms with Gasteiger partial charge in [0.25, 0.3) is 0 Å². The first kappa shape index (κ1) is 13.6. The van der Waals surface area contributed by atoms with Crippen molar-refractivity contribution < 1.29 is 4.74 Å². The first-order valence-electron chi connectivity index (χ1n) is 6.99. The molecule has 0 aliphatic heterocycles. The summed E-state index contributed by atoms with van der Waals surface area (Å²) in [7, 11) is 0. The number of benzene rings is 1. The van der Waals surface area contributed by atoms with Crippen molar-refractivity contribution in [2.75, 3.05) is 13.2 Å². The summed E-state index contributed by atoms with van der Waals surface area (Å²) in [6.07, 6.45) is 3.60. The lowest BCUT2D eigenvalue weighted by Gasteiger charge is -2.26. The van der Waals surface area contributed by atoms with Gasteiger partial charge in [-0.2, -0.15) is 0 Å². The van der Waals surface area contributed by atoms with Gasteiger partial charge in [0, 0.05) is 12.6 Å². The molecule has 2 nitrogen and oxygen atoms in total. The molecule has 1 aromatic carbocycles. The molecule has 2 heteroatoms. The standard InChI is InChI=1S/C16H25NO/c1-16(2,3)18-11-10-17-15-9-8-13-6-4-5-7-14(13)12-15/h4-7,15,17H,8-12H2,1-3H3. The second-order valence-corrected chi connectivity index (χ2v) is 6.12. The van der Waals surface area contributed by atoms with E-state index in [1.807, 2.05) is 0 Å². The van der Waals surface area contributed by atoms with Crippen LogP contribution in [-0.2, 0) is 17.6 Å². The van der Waals surface area contributed by atoms with Crippen LogP contribution < -0.4 is 5.32 Å². The molecule has 0 heterocycles. The van der Waals surface area contributed by atoms with Crippen LogP contribution in [0.4, 0.5) is 0 Å². The second kappa shape index (κ2) is 5.85. The van der Waals surface area contributed by atoms with Gasteiger partial charge in [0.2, 0.25) is 0 Å². The van der Waals surface area contributed by atoms with Gasteiger partial charge in [-0.05, 0) is 51.2 Å². The summed E-state index contributed by atoms with van der Waals surface area (Å²) in [5, 5.41) is 3.61. The molecule has 100 valence electrons. The SMILES string of the molecule is CC(C)(C)OCCNC1CCc2ccccc2C1. The highest BCUT2D eigenvalue weighted by Gasteiger charge is 2.17. The zero-order valence-corrected chi connectivity index (χ0v) is 11.8. The number of rotatable bonds is 4. The van der Waals surface area contributed by atoms with E-state index in [-0.39, 0.29) is 5.60 Å². The summed E-state index contributed by atoms with van der Waals surface area (Å²) in [6, 6.07) is 9.42. The minimum absolute atomic E-state index is 0.0269. The van der Waals surface area contributed by atoms with Crippen molar-refractivity contribution in [2.24, 2.45) is 0 Å². The summed E-state index contributed by atoms with van der Waals surface area (Å²) < 4.78 is 5.73. The van der Waals surface area contributed by atoms with Gasteiger partial charge in [-0.15, -0.1) is 0 Å². The number of hydrogen-bond donors (Lipinski definition) is 1. The van der Waals surface area contributed by atoms with Crippen molar-refractivity contribution in [1.29, 1.82) is 0 Å². The Hall–Kier alpha value is -0.860.